The van der Waals surface area contributed by atoms with Gasteiger partial charge in [0.2, 0.25) is 0 Å². The number of carbonyl (C=O) groups is 2. The monoisotopic (exact) mass is 590 g/mol. The molecule has 3 rings (SSSR count). The Hall–Kier alpha value is -4.30. The van der Waals surface area contributed by atoms with Gasteiger partial charge in [0, 0.05) is 24.5 Å². The number of rotatable bonds is 12. The zero-order chi connectivity index (χ0) is 29.2. The topological polar surface area (TPSA) is 169 Å². The van der Waals surface area contributed by atoms with Gasteiger partial charge in [-0.25, -0.2) is 9.59 Å². The van der Waals surface area contributed by atoms with E-state index in [2.05, 4.69) is 21.3 Å². The second kappa shape index (κ2) is 13.7. The molecule has 0 bridgehead atoms. The maximum Gasteiger partial charge on any atom is 0.319 e. The van der Waals surface area contributed by atoms with E-state index in [1.54, 1.807) is 6.07 Å². The number of carbonyl (C=O) groups excluding carboxylic acids is 2. The molecule has 0 radical (unpaired) electrons. The molecule has 3 aromatic rings. The molecule has 14 heteroatoms. The predicted molar refractivity (Wildman–Crippen MR) is 151 cm³/mol. The Morgan fingerprint density at radius 1 is 0.625 bits per heavy atom. The van der Waals surface area contributed by atoms with Crippen molar-refractivity contribution < 1.29 is 34.8 Å². The van der Waals surface area contributed by atoms with Crippen LogP contribution in [0, 0.1) is 0 Å². The zero-order valence-corrected chi connectivity index (χ0v) is 23.5. The molecule has 0 saturated carbocycles. The third-order valence-corrected chi connectivity index (χ3v) is 7.58. The standard InChI is InChI=1S/C26H30N4O8S2/c1-3-39(33,34)37-23-12-8-21(9-13-23)29-25(31)27-17-19-6-5-7-20(16-19)18-28-26(32)30-22-10-14-24(15-11-22)38-40(35,36)4-2/h5-16H,3-4,17-18H2,1-2H3,(H2,27,29,31)(H2,28,30,32). The van der Waals surface area contributed by atoms with Crippen molar-refractivity contribution in [3.63, 3.8) is 0 Å². The first-order valence-electron chi connectivity index (χ1n) is 12.2. The Bertz CT molecular complexity index is 1410. The summed E-state index contributed by atoms with van der Waals surface area (Å²) in [6, 6.07) is 18.2. The van der Waals surface area contributed by atoms with E-state index in [4.69, 9.17) is 8.37 Å². The lowest BCUT2D eigenvalue weighted by Crippen LogP contribution is -2.29. The highest BCUT2D eigenvalue weighted by Crippen LogP contribution is 2.18. The Balaban J connectivity index is 1.44. The summed E-state index contributed by atoms with van der Waals surface area (Å²) in [6.45, 7) is 3.41. The van der Waals surface area contributed by atoms with Gasteiger partial charge in [-0.1, -0.05) is 24.3 Å². The highest BCUT2D eigenvalue weighted by atomic mass is 32.2. The summed E-state index contributed by atoms with van der Waals surface area (Å²) in [5.41, 5.74) is 2.52. The summed E-state index contributed by atoms with van der Waals surface area (Å²) in [4.78, 5) is 24.5. The van der Waals surface area contributed by atoms with E-state index in [9.17, 15) is 26.4 Å². The van der Waals surface area contributed by atoms with Crippen LogP contribution in [0.3, 0.4) is 0 Å². The average Bonchev–Trinajstić information content (AvgIpc) is 2.93. The van der Waals surface area contributed by atoms with Crippen LogP contribution in [0.1, 0.15) is 25.0 Å². The smallest absolute Gasteiger partial charge is 0.319 e. The maximum atomic E-state index is 12.3. The van der Waals surface area contributed by atoms with Crippen LogP contribution in [0.15, 0.2) is 72.8 Å². The number of benzene rings is 3. The molecule has 0 aromatic heterocycles. The molecule has 0 saturated heterocycles. The number of urea groups is 2. The Labute approximate surface area is 233 Å². The lowest BCUT2D eigenvalue weighted by Gasteiger charge is -2.11. The van der Waals surface area contributed by atoms with E-state index in [0.29, 0.717) is 11.4 Å². The van der Waals surface area contributed by atoms with Crippen molar-refractivity contribution in [2.75, 3.05) is 22.1 Å². The normalized spacial score (nSPS) is 11.2. The molecule has 0 atom stereocenters. The summed E-state index contributed by atoms with van der Waals surface area (Å²) in [5.74, 6) is 0.000922. The molecule has 0 aliphatic carbocycles. The van der Waals surface area contributed by atoms with Gasteiger partial charge in [-0.2, -0.15) is 16.8 Å². The number of amides is 4. The number of anilines is 2. The molecule has 0 heterocycles. The lowest BCUT2D eigenvalue weighted by molar-refractivity contribution is 0.251. The molecule has 0 unspecified atom stereocenters. The highest BCUT2D eigenvalue weighted by Gasteiger charge is 2.11. The molecule has 12 nitrogen and oxygen atoms in total. The first kappa shape index (κ1) is 30.2. The van der Waals surface area contributed by atoms with Crippen molar-refractivity contribution in [3.05, 3.63) is 83.9 Å². The van der Waals surface area contributed by atoms with Crippen molar-refractivity contribution in [1.82, 2.24) is 10.6 Å². The molecule has 0 fully saturated rings. The minimum absolute atomic E-state index is 0.152. The number of hydrogen-bond donors (Lipinski definition) is 4. The second-order valence-electron chi connectivity index (χ2n) is 8.34. The predicted octanol–water partition coefficient (Wildman–Crippen LogP) is 3.79. The molecular weight excluding hydrogens is 560 g/mol. The van der Waals surface area contributed by atoms with Crippen LogP contribution in [0.25, 0.3) is 0 Å². The Morgan fingerprint density at radius 2 is 1.00 bits per heavy atom. The fourth-order valence-electron chi connectivity index (χ4n) is 3.16. The largest absolute Gasteiger partial charge is 0.382 e. The summed E-state index contributed by atoms with van der Waals surface area (Å²) < 4.78 is 55.9. The quantitative estimate of drug-likeness (QED) is 0.231. The van der Waals surface area contributed by atoms with Crippen LogP contribution in [0.4, 0.5) is 21.0 Å². The molecule has 0 aliphatic rings. The third-order valence-electron chi connectivity index (χ3n) is 5.28. The van der Waals surface area contributed by atoms with Gasteiger partial charge in [-0.05, 0) is 73.5 Å². The minimum Gasteiger partial charge on any atom is -0.382 e. The molecule has 3 aromatic carbocycles. The molecule has 4 N–H and O–H groups in total. The summed E-state index contributed by atoms with van der Waals surface area (Å²) >= 11 is 0. The van der Waals surface area contributed by atoms with Crippen LogP contribution in [-0.4, -0.2) is 40.4 Å². The van der Waals surface area contributed by atoms with E-state index in [1.165, 1.54) is 62.4 Å². The summed E-state index contributed by atoms with van der Waals surface area (Å²) in [6.07, 6.45) is 0. The average molecular weight is 591 g/mol. The second-order valence-corrected chi connectivity index (χ2v) is 12.1. The van der Waals surface area contributed by atoms with Gasteiger partial charge in [0.25, 0.3) is 0 Å². The lowest BCUT2D eigenvalue weighted by atomic mass is 10.1. The first-order valence-corrected chi connectivity index (χ1v) is 15.3. The van der Waals surface area contributed by atoms with Crippen LogP contribution < -0.4 is 29.6 Å². The van der Waals surface area contributed by atoms with E-state index >= 15 is 0 Å². The van der Waals surface area contributed by atoms with E-state index < -0.39 is 32.3 Å². The molecule has 0 aliphatic heterocycles. The third kappa shape index (κ3) is 10.1. The fraction of sp³-hybridized carbons (Fsp3) is 0.231. The molecule has 4 amide bonds. The van der Waals surface area contributed by atoms with Gasteiger partial charge >= 0.3 is 32.3 Å². The van der Waals surface area contributed by atoms with E-state index in [1.807, 2.05) is 18.2 Å². The zero-order valence-electron chi connectivity index (χ0n) is 21.8. The van der Waals surface area contributed by atoms with Crippen LogP contribution in [0.2, 0.25) is 0 Å². The SMILES string of the molecule is CCS(=O)(=O)Oc1ccc(NC(=O)NCc2cccc(CNC(=O)Nc3ccc(OS(=O)(=O)CC)cc3)c2)cc1. The van der Waals surface area contributed by atoms with Crippen LogP contribution in [0.5, 0.6) is 11.5 Å². The van der Waals surface area contributed by atoms with Gasteiger partial charge in [-0.3, -0.25) is 0 Å². The van der Waals surface area contributed by atoms with Crippen molar-refractivity contribution in [1.29, 1.82) is 0 Å². The maximum absolute atomic E-state index is 12.3. The van der Waals surface area contributed by atoms with Crippen LogP contribution >= 0.6 is 0 Å². The van der Waals surface area contributed by atoms with Gasteiger partial charge in [0.15, 0.2) is 0 Å². The van der Waals surface area contributed by atoms with Crippen molar-refractivity contribution in [3.8, 4) is 11.5 Å². The Kier molecular flexibility index (Phi) is 10.3. The van der Waals surface area contributed by atoms with Gasteiger partial charge in [0.05, 0.1) is 11.5 Å². The fourth-order valence-corrected chi connectivity index (χ4v) is 4.21. The molecule has 40 heavy (non-hydrogen) atoms. The number of hydrogen-bond acceptors (Lipinski definition) is 8. The van der Waals surface area contributed by atoms with E-state index in [-0.39, 0.29) is 36.1 Å². The molecular formula is C26H30N4O8S2. The van der Waals surface area contributed by atoms with Crippen molar-refractivity contribution >= 4 is 43.7 Å². The molecule has 0 spiro atoms. The summed E-state index contributed by atoms with van der Waals surface area (Å²) in [5, 5.41) is 10.8. The minimum atomic E-state index is -3.63. The van der Waals surface area contributed by atoms with Crippen LogP contribution in [-0.2, 0) is 33.3 Å². The first-order chi connectivity index (χ1) is 19.0. The van der Waals surface area contributed by atoms with Gasteiger partial charge < -0.3 is 29.6 Å². The summed E-state index contributed by atoms with van der Waals surface area (Å²) in [7, 11) is -7.26. The van der Waals surface area contributed by atoms with Gasteiger partial charge in [0.1, 0.15) is 11.5 Å². The van der Waals surface area contributed by atoms with Crippen molar-refractivity contribution in [2.24, 2.45) is 0 Å². The molecule has 214 valence electrons. The Morgan fingerprint density at radius 3 is 1.35 bits per heavy atom. The van der Waals surface area contributed by atoms with Gasteiger partial charge in [-0.15, -0.1) is 0 Å². The van der Waals surface area contributed by atoms with E-state index in [0.717, 1.165) is 11.1 Å². The number of nitrogens with one attached hydrogen (secondary N) is 4. The highest BCUT2D eigenvalue weighted by molar-refractivity contribution is 7.87. The van der Waals surface area contributed by atoms with Crippen molar-refractivity contribution in [2.45, 2.75) is 26.9 Å².